The molecule has 0 radical (unpaired) electrons. The predicted molar refractivity (Wildman–Crippen MR) is 87.2 cm³/mol. The van der Waals surface area contributed by atoms with Gasteiger partial charge < -0.3 is 10.5 Å². The minimum Gasteiger partial charge on any atom is -0.493 e. The summed E-state index contributed by atoms with van der Waals surface area (Å²) in [7, 11) is 0. The van der Waals surface area contributed by atoms with Crippen LogP contribution in [0.2, 0.25) is 0 Å². The van der Waals surface area contributed by atoms with Crippen LogP contribution >= 0.6 is 0 Å². The molecule has 0 aliphatic heterocycles. The van der Waals surface area contributed by atoms with Gasteiger partial charge in [0.05, 0.1) is 6.61 Å². The zero-order chi connectivity index (χ0) is 15.8. The van der Waals surface area contributed by atoms with Crippen LogP contribution in [0, 0.1) is 17.7 Å². The van der Waals surface area contributed by atoms with Gasteiger partial charge in [-0.25, -0.2) is 4.39 Å². The Balaban J connectivity index is 0.000000510. The lowest BCUT2D eigenvalue weighted by Gasteiger charge is -2.11. The smallest absolute Gasteiger partial charge is 0.123 e. The Morgan fingerprint density at radius 3 is 2.38 bits per heavy atom. The largest absolute Gasteiger partial charge is 0.493 e. The third-order valence-corrected chi connectivity index (χ3v) is 3.77. The summed E-state index contributed by atoms with van der Waals surface area (Å²) in [5, 5.41) is 0. The first kappa shape index (κ1) is 18.0. The van der Waals surface area contributed by atoms with E-state index in [4.69, 9.17) is 10.5 Å². The Kier molecular flexibility index (Phi) is 7.73. The number of nitrogens with two attached hydrogens (primary N) is 1. The van der Waals surface area contributed by atoms with E-state index in [1.165, 1.54) is 18.9 Å². The predicted octanol–water partition coefficient (Wildman–Crippen LogP) is 4.73. The van der Waals surface area contributed by atoms with E-state index in [0.717, 1.165) is 30.3 Å². The molecule has 0 aromatic heterocycles. The Labute approximate surface area is 128 Å². The highest BCUT2D eigenvalue weighted by molar-refractivity contribution is 5.40. The molecule has 0 spiro atoms. The number of rotatable bonds is 5. The minimum absolute atomic E-state index is 0.179. The van der Waals surface area contributed by atoms with Crippen molar-refractivity contribution in [2.75, 3.05) is 13.2 Å². The second-order valence-electron chi connectivity index (χ2n) is 5.27. The zero-order valence-electron chi connectivity index (χ0n) is 13.9. The van der Waals surface area contributed by atoms with Crippen LogP contribution in [-0.2, 0) is 0 Å². The Bertz CT molecular complexity index is 418. The van der Waals surface area contributed by atoms with E-state index >= 15 is 0 Å². The van der Waals surface area contributed by atoms with Crippen LogP contribution in [0.25, 0.3) is 0 Å². The maximum absolute atomic E-state index is 13.3. The van der Waals surface area contributed by atoms with Crippen molar-refractivity contribution in [1.29, 1.82) is 0 Å². The topological polar surface area (TPSA) is 35.2 Å². The summed E-state index contributed by atoms with van der Waals surface area (Å²) in [5.41, 5.74) is 6.66. The molecule has 2 aliphatic rings. The highest BCUT2D eigenvalue weighted by Crippen LogP contribution is 2.50. The van der Waals surface area contributed by atoms with E-state index in [9.17, 15) is 4.39 Å². The average molecular weight is 295 g/mol. The fraction of sp³-hybridized carbons (Fsp3) is 0.667. The van der Waals surface area contributed by atoms with Crippen molar-refractivity contribution >= 4 is 0 Å². The summed E-state index contributed by atoms with van der Waals surface area (Å²) in [6.07, 6.45) is 3.61. The second kappa shape index (κ2) is 9.04. The SMILES string of the molecule is CC.CC.NCC1CC1c1cc(F)ccc1OCC1CC1. The molecule has 2 aliphatic carbocycles. The van der Waals surface area contributed by atoms with Crippen LogP contribution in [-0.4, -0.2) is 13.2 Å². The Morgan fingerprint density at radius 2 is 1.86 bits per heavy atom. The van der Waals surface area contributed by atoms with Crippen molar-refractivity contribution in [3.63, 3.8) is 0 Å². The standard InChI is InChI=1S/C14H18FNO.2C2H6/c15-11-3-4-14(17-8-9-1-2-9)13(6-11)12-5-10(12)7-16;2*1-2/h3-4,6,9-10,12H,1-2,5,7-8,16H2;2*1-2H3. The molecule has 0 amide bonds. The number of benzene rings is 1. The summed E-state index contributed by atoms with van der Waals surface area (Å²) in [6, 6.07) is 4.85. The number of halogens is 1. The molecule has 2 nitrogen and oxygen atoms in total. The van der Waals surface area contributed by atoms with Gasteiger partial charge in [0.2, 0.25) is 0 Å². The summed E-state index contributed by atoms with van der Waals surface area (Å²) in [6.45, 7) is 9.46. The number of ether oxygens (including phenoxy) is 1. The zero-order valence-corrected chi connectivity index (χ0v) is 13.9. The van der Waals surface area contributed by atoms with Crippen LogP contribution in [0.1, 0.15) is 58.4 Å². The number of hydrogen-bond acceptors (Lipinski definition) is 2. The summed E-state index contributed by atoms with van der Waals surface area (Å²) in [4.78, 5) is 0. The molecule has 2 unspecified atom stereocenters. The third kappa shape index (κ3) is 5.31. The third-order valence-electron chi connectivity index (χ3n) is 3.77. The van der Waals surface area contributed by atoms with Gasteiger partial charge in [0.25, 0.3) is 0 Å². The normalized spacial score (nSPS) is 22.4. The first-order valence-electron chi connectivity index (χ1n) is 8.40. The molecule has 3 rings (SSSR count). The van der Waals surface area contributed by atoms with E-state index < -0.39 is 0 Å². The van der Waals surface area contributed by atoms with Crippen molar-refractivity contribution in [2.24, 2.45) is 17.6 Å². The molecular weight excluding hydrogens is 265 g/mol. The van der Waals surface area contributed by atoms with Gasteiger partial charge in [0.15, 0.2) is 0 Å². The van der Waals surface area contributed by atoms with E-state index in [2.05, 4.69) is 0 Å². The molecular formula is C18H30FNO. The van der Waals surface area contributed by atoms with Crippen molar-refractivity contribution in [3.8, 4) is 5.75 Å². The lowest BCUT2D eigenvalue weighted by molar-refractivity contribution is 0.296. The van der Waals surface area contributed by atoms with Crippen molar-refractivity contribution in [1.82, 2.24) is 0 Å². The first-order chi connectivity index (χ1) is 10.3. The molecule has 0 heterocycles. The van der Waals surface area contributed by atoms with Crippen LogP contribution in [0.3, 0.4) is 0 Å². The molecule has 2 atom stereocenters. The lowest BCUT2D eigenvalue weighted by atomic mass is 10.1. The Morgan fingerprint density at radius 1 is 1.19 bits per heavy atom. The molecule has 0 bridgehead atoms. The van der Waals surface area contributed by atoms with Gasteiger partial charge in [-0.3, -0.25) is 0 Å². The van der Waals surface area contributed by atoms with Gasteiger partial charge in [-0.15, -0.1) is 0 Å². The lowest BCUT2D eigenvalue weighted by Crippen LogP contribution is -2.05. The number of hydrogen-bond donors (Lipinski definition) is 1. The molecule has 21 heavy (non-hydrogen) atoms. The van der Waals surface area contributed by atoms with Gasteiger partial charge >= 0.3 is 0 Å². The fourth-order valence-corrected chi connectivity index (χ4v) is 2.32. The van der Waals surface area contributed by atoms with Crippen molar-refractivity contribution in [3.05, 3.63) is 29.6 Å². The van der Waals surface area contributed by atoms with Gasteiger partial charge in [0, 0.05) is 5.56 Å². The molecule has 0 saturated heterocycles. The molecule has 1 aromatic rings. The molecule has 2 saturated carbocycles. The molecule has 120 valence electrons. The van der Waals surface area contributed by atoms with Crippen LogP contribution in [0.15, 0.2) is 18.2 Å². The van der Waals surface area contributed by atoms with Gasteiger partial charge in [-0.05, 0) is 61.8 Å². The van der Waals surface area contributed by atoms with E-state index in [0.29, 0.717) is 18.4 Å². The maximum atomic E-state index is 13.3. The van der Waals surface area contributed by atoms with Gasteiger partial charge in [0.1, 0.15) is 11.6 Å². The minimum atomic E-state index is -0.179. The Hall–Kier alpha value is -1.09. The van der Waals surface area contributed by atoms with Crippen LogP contribution in [0.4, 0.5) is 4.39 Å². The molecule has 1 aromatic carbocycles. The summed E-state index contributed by atoms with van der Waals surface area (Å²) < 4.78 is 19.1. The second-order valence-corrected chi connectivity index (χ2v) is 5.27. The highest BCUT2D eigenvalue weighted by Gasteiger charge is 2.39. The monoisotopic (exact) mass is 295 g/mol. The molecule has 2 fully saturated rings. The maximum Gasteiger partial charge on any atom is 0.123 e. The fourth-order valence-electron chi connectivity index (χ4n) is 2.32. The average Bonchev–Trinajstić information content (AvgIpc) is 3.43. The summed E-state index contributed by atoms with van der Waals surface area (Å²) >= 11 is 0. The van der Waals surface area contributed by atoms with Crippen LogP contribution in [0.5, 0.6) is 5.75 Å². The molecule has 3 heteroatoms. The van der Waals surface area contributed by atoms with Crippen molar-refractivity contribution < 1.29 is 9.13 Å². The van der Waals surface area contributed by atoms with Crippen molar-refractivity contribution in [2.45, 2.75) is 52.9 Å². The van der Waals surface area contributed by atoms with Gasteiger partial charge in [-0.2, -0.15) is 0 Å². The summed E-state index contributed by atoms with van der Waals surface area (Å²) in [5.74, 6) is 2.32. The highest BCUT2D eigenvalue weighted by atomic mass is 19.1. The van der Waals surface area contributed by atoms with Crippen LogP contribution < -0.4 is 10.5 Å². The quantitative estimate of drug-likeness (QED) is 0.852. The van der Waals surface area contributed by atoms with E-state index in [-0.39, 0.29) is 5.82 Å². The van der Waals surface area contributed by atoms with E-state index in [1.54, 1.807) is 12.1 Å². The van der Waals surface area contributed by atoms with E-state index in [1.807, 2.05) is 27.7 Å². The first-order valence-corrected chi connectivity index (χ1v) is 8.40. The van der Waals surface area contributed by atoms with Gasteiger partial charge in [-0.1, -0.05) is 27.7 Å². The molecule has 2 N–H and O–H groups in total.